The summed E-state index contributed by atoms with van der Waals surface area (Å²) in [5, 5.41) is 0. The number of halogens is 3. The van der Waals surface area contributed by atoms with Crippen LogP contribution in [-0.4, -0.2) is 42.6 Å². The zero-order valence-electron chi connectivity index (χ0n) is 1.58. The summed E-state index contributed by atoms with van der Waals surface area (Å²) in [7, 11) is 15.0. The molecule has 0 saturated heterocycles. The van der Waals surface area contributed by atoms with E-state index in [1.807, 2.05) is 0 Å². The Morgan fingerprint density at radius 1 is 1.00 bits per heavy atom. The number of hydrogen-bond acceptors (Lipinski definition) is 0. The predicted molar refractivity (Wildman–Crippen MR) is 33.3 cm³/mol. The van der Waals surface area contributed by atoms with Crippen molar-refractivity contribution < 1.29 is 0 Å². The van der Waals surface area contributed by atoms with Crippen LogP contribution in [0.3, 0.4) is 0 Å². The molecule has 0 aromatic carbocycles. The Hall–Kier alpha value is 2.56. The maximum atomic E-state index is 4.99. The Kier molecular flexibility index (Phi) is 13.8. The van der Waals surface area contributed by atoms with E-state index >= 15 is 0 Å². The van der Waals surface area contributed by atoms with Crippen LogP contribution in [0.15, 0.2) is 0 Å². The summed E-state index contributed by atoms with van der Waals surface area (Å²) in [6.07, 6.45) is 0. The Bertz CT molecular complexity index is 11.6. The molecule has 0 unspecified atom stereocenters. The summed E-state index contributed by atoms with van der Waals surface area (Å²) in [4.78, 5) is 0. The van der Waals surface area contributed by atoms with Crippen LogP contribution in [0, 0.1) is 0 Å². The number of hydrogen-bond donors (Lipinski definition) is 0. The van der Waals surface area contributed by atoms with E-state index in [1.54, 1.807) is 0 Å². The van der Waals surface area contributed by atoms with Gasteiger partial charge in [-0.05, 0) is 0 Å². The molecule has 0 aliphatic rings. The quantitative estimate of drug-likeness (QED) is 0.561. The summed E-state index contributed by atoms with van der Waals surface area (Å²) in [6.45, 7) is 0. The summed E-state index contributed by atoms with van der Waals surface area (Å²) in [6, 6.07) is 0. The monoisotopic (exact) mass is 344 g/mol. The molecule has 0 amide bonds. The molecule has 5 heteroatoms. The molecule has 0 N–H and O–H groups in total. The van der Waals surface area contributed by atoms with Crippen LogP contribution in [0.4, 0.5) is 0 Å². The molecule has 0 aromatic heterocycles. The van der Waals surface area contributed by atoms with Crippen LogP contribution in [0.5, 0.6) is 0 Å². The van der Waals surface area contributed by atoms with Gasteiger partial charge in [-0.1, -0.05) is 0 Å². The van der Waals surface area contributed by atoms with Crippen molar-refractivity contribution in [3.8, 4) is 0 Å². The van der Waals surface area contributed by atoms with Crippen LogP contribution >= 0.6 is 26.5 Å². The van der Waals surface area contributed by atoms with Gasteiger partial charge in [0.1, 0.15) is 0 Å². The minimum absolute atomic E-state index is 0. The molecular formula is H3Cl3InSb. The zero-order chi connectivity index (χ0) is 3.58. The molecule has 0 atom stereocenters. The van der Waals surface area contributed by atoms with Crippen molar-refractivity contribution in [1.82, 2.24) is 0 Å². The summed E-state index contributed by atoms with van der Waals surface area (Å²) >= 11 is -2.03. The second kappa shape index (κ2) is 6.56. The van der Waals surface area contributed by atoms with Gasteiger partial charge in [0.25, 0.3) is 0 Å². The Balaban J connectivity index is 0. The van der Waals surface area contributed by atoms with Crippen molar-refractivity contribution in [1.29, 1.82) is 0 Å². The first-order valence-electron chi connectivity index (χ1n) is 0.507. The third-order valence-electron chi connectivity index (χ3n) is 0. The topological polar surface area (TPSA) is 0 Å². The van der Waals surface area contributed by atoms with Crippen LogP contribution in [-0.2, 0) is 0 Å². The predicted octanol–water partition coefficient (Wildman–Crippen LogP) is 0.504. The van der Waals surface area contributed by atoms with E-state index in [0.29, 0.717) is 0 Å². The summed E-state index contributed by atoms with van der Waals surface area (Å²) < 4.78 is 0. The fourth-order valence-electron chi connectivity index (χ4n) is 0. The third-order valence-corrected chi connectivity index (χ3v) is 0. The average molecular weight is 346 g/mol. The normalized spacial score (nSPS) is 7.20. The molecular weight excluding hydrogens is 343 g/mol. The molecule has 0 radical (unpaired) electrons. The van der Waals surface area contributed by atoms with Gasteiger partial charge in [0, 0.05) is 0 Å². The second-order valence-electron chi connectivity index (χ2n) is 0.192. The molecule has 0 nitrogen and oxygen atoms in total. The Morgan fingerprint density at radius 2 is 1.00 bits per heavy atom. The van der Waals surface area contributed by atoms with Gasteiger partial charge in [-0.3, -0.25) is 0 Å². The second-order valence-corrected chi connectivity index (χ2v) is 11.6. The first-order valence-corrected chi connectivity index (χ1v) is 10.2. The molecule has 0 rings (SSSR count). The van der Waals surface area contributed by atoms with Crippen molar-refractivity contribution in [3.63, 3.8) is 0 Å². The van der Waals surface area contributed by atoms with Crippen LogP contribution in [0.25, 0.3) is 0 Å². The first kappa shape index (κ1) is 10.5. The van der Waals surface area contributed by atoms with Gasteiger partial charge >= 0.3 is 69.1 Å². The van der Waals surface area contributed by atoms with Crippen molar-refractivity contribution in [2.75, 3.05) is 0 Å². The minimum atomic E-state index is -2.03. The van der Waals surface area contributed by atoms with E-state index < -0.39 is 16.8 Å². The van der Waals surface area contributed by atoms with E-state index in [-0.39, 0.29) is 25.8 Å². The SMILES string of the molecule is [Cl][Sb]([Cl])[Cl].[InH3]. The van der Waals surface area contributed by atoms with Crippen molar-refractivity contribution in [2.45, 2.75) is 0 Å². The molecule has 32 valence electrons. The van der Waals surface area contributed by atoms with Crippen molar-refractivity contribution in [3.05, 3.63) is 0 Å². The van der Waals surface area contributed by atoms with E-state index in [2.05, 4.69) is 0 Å². The van der Waals surface area contributed by atoms with E-state index in [4.69, 9.17) is 26.5 Å². The molecule has 0 aliphatic heterocycles. The fraction of sp³-hybridized carbons (Fsp3) is 0. The molecule has 5 heavy (non-hydrogen) atoms. The standard InChI is InChI=1S/3ClH.In.Sb.3H/h3*1H;;;;;/q;;;;+3;;;/p-3. The molecule has 0 spiro atoms. The van der Waals surface area contributed by atoms with Crippen LogP contribution in [0.1, 0.15) is 0 Å². The van der Waals surface area contributed by atoms with Gasteiger partial charge in [0.15, 0.2) is 0 Å². The molecule has 0 saturated carbocycles. The molecule has 0 aromatic rings. The van der Waals surface area contributed by atoms with Crippen molar-refractivity contribution >= 4 is 69.1 Å². The van der Waals surface area contributed by atoms with Gasteiger partial charge in [-0.15, -0.1) is 0 Å². The van der Waals surface area contributed by atoms with Crippen molar-refractivity contribution in [2.24, 2.45) is 0 Å². The summed E-state index contributed by atoms with van der Waals surface area (Å²) in [5.74, 6) is 0. The van der Waals surface area contributed by atoms with Gasteiger partial charge in [-0.2, -0.15) is 0 Å². The maximum absolute atomic E-state index is 4.99. The number of rotatable bonds is 0. The van der Waals surface area contributed by atoms with Gasteiger partial charge in [0.05, 0.1) is 0 Å². The molecule has 0 fully saturated rings. The van der Waals surface area contributed by atoms with Gasteiger partial charge < -0.3 is 0 Å². The summed E-state index contributed by atoms with van der Waals surface area (Å²) in [5.41, 5.74) is 0. The van der Waals surface area contributed by atoms with E-state index in [1.165, 1.54) is 0 Å². The average Bonchev–Trinajstić information content (AvgIpc) is 0.811. The molecule has 0 aliphatic carbocycles. The zero-order valence-corrected chi connectivity index (χ0v) is 6.40. The Labute approximate surface area is 67.9 Å². The van der Waals surface area contributed by atoms with Gasteiger partial charge in [-0.25, -0.2) is 0 Å². The molecule has 0 heterocycles. The van der Waals surface area contributed by atoms with E-state index in [0.717, 1.165) is 0 Å². The van der Waals surface area contributed by atoms with Gasteiger partial charge in [0.2, 0.25) is 0 Å². The third kappa shape index (κ3) is 20.8. The molecule has 0 bridgehead atoms. The fourth-order valence-corrected chi connectivity index (χ4v) is 0. The van der Waals surface area contributed by atoms with Crippen LogP contribution in [0.2, 0.25) is 0 Å². The van der Waals surface area contributed by atoms with Crippen LogP contribution < -0.4 is 0 Å². The van der Waals surface area contributed by atoms with E-state index in [9.17, 15) is 0 Å². The first-order chi connectivity index (χ1) is 1.73. The Morgan fingerprint density at radius 3 is 1.00 bits per heavy atom.